The molecule has 0 aromatic heterocycles. The molecule has 4 aliphatic heterocycles. The van der Waals surface area contributed by atoms with Crippen LogP contribution < -0.4 is 14.8 Å². The predicted octanol–water partition coefficient (Wildman–Crippen LogP) is 7.89. The van der Waals surface area contributed by atoms with Gasteiger partial charge in [-0.25, -0.2) is 4.79 Å². The van der Waals surface area contributed by atoms with Gasteiger partial charge in [0.25, 0.3) is 0 Å². The fourth-order valence-corrected chi connectivity index (χ4v) is 9.90. The number of nitrogens with zero attached hydrogens (tertiary/aromatic N) is 1. The molecule has 8 rings (SSSR count). The molecule has 2 amide bonds. The van der Waals surface area contributed by atoms with Crippen LogP contribution >= 0.6 is 0 Å². The van der Waals surface area contributed by atoms with Crippen molar-refractivity contribution in [3.63, 3.8) is 0 Å². The molecule has 1 aromatic rings. The third-order valence-corrected chi connectivity index (χ3v) is 12.9. The number of carbonyl (C=O) groups is 4. The zero-order chi connectivity index (χ0) is 41.2. The number of phenols is 1. The summed E-state index contributed by atoms with van der Waals surface area (Å²) in [5.41, 5.74) is -0.570. The van der Waals surface area contributed by atoms with Gasteiger partial charge in [0, 0.05) is 54.1 Å². The van der Waals surface area contributed by atoms with Crippen molar-refractivity contribution >= 4 is 29.6 Å². The minimum absolute atomic E-state index is 0.00463. The largest absolute Gasteiger partial charge is 0.506 e. The number of benzene rings is 1. The van der Waals surface area contributed by atoms with Crippen LogP contribution in [0.5, 0.6) is 17.2 Å². The van der Waals surface area contributed by atoms with E-state index in [2.05, 4.69) is 25.2 Å². The number of piperidine rings is 1. The fourth-order valence-electron chi connectivity index (χ4n) is 9.90. The molecule has 11 heteroatoms. The van der Waals surface area contributed by atoms with Gasteiger partial charge in [0.1, 0.15) is 28.4 Å². The lowest BCUT2D eigenvalue weighted by Crippen LogP contribution is -2.72. The highest BCUT2D eigenvalue weighted by Crippen LogP contribution is 2.68. The maximum atomic E-state index is 15.0. The molecule has 1 saturated carbocycles. The molecule has 4 heterocycles. The molecule has 5 atom stereocenters. The highest BCUT2D eigenvalue weighted by molar-refractivity contribution is 6.19. The van der Waals surface area contributed by atoms with Crippen LogP contribution in [0.4, 0.5) is 4.79 Å². The number of rotatable bonds is 10. The molecular formula is C46H58N2O9. The number of Topliss-reactive ketones (excluding diaryl/α,β-unsaturated/α-hetero) is 2. The first-order valence-corrected chi connectivity index (χ1v) is 20.5. The molecule has 3 aliphatic carbocycles. The van der Waals surface area contributed by atoms with E-state index in [4.69, 9.17) is 18.9 Å². The molecule has 11 nitrogen and oxygen atoms in total. The zero-order valence-corrected chi connectivity index (χ0v) is 34.9. The summed E-state index contributed by atoms with van der Waals surface area (Å²) in [6.07, 6.45) is 14.6. The number of amides is 2. The number of aromatic hydroxyl groups is 1. The van der Waals surface area contributed by atoms with Crippen LogP contribution in [0, 0.1) is 11.8 Å². The third kappa shape index (κ3) is 6.63. The van der Waals surface area contributed by atoms with Gasteiger partial charge in [-0.3, -0.25) is 14.4 Å². The molecule has 4 bridgehead atoms. The molecule has 2 saturated heterocycles. The number of likely N-dealkylation sites (tertiary alicyclic amines) is 1. The summed E-state index contributed by atoms with van der Waals surface area (Å²) in [6.45, 7) is 18.8. The Hall–Kier alpha value is -4.64. The summed E-state index contributed by atoms with van der Waals surface area (Å²) in [6, 6.07) is -0.129. The topological polar surface area (TPSA) is 141 Å². The predicted molar refractivity (Wildman–Crippen MR) is 216 cm³/mol. The van der Waals surface area contributed by atoms with Gasteiger partial charge in [0.2, 0.25) is 5.91 Å². The zero-order valence-electron chi connectivity index (χ0n) is 34.9. The molecule has 5 unspecified atom stereocenters. The van der Waals surface area contributed by atoms with Crippen molar-refractivity contribution in [2.45, 2.75) is 136 Å². The summed E-state index contributed by atoms with van der Waals surface area (Å²) < 4.78 is 26.2. The van der Waals surface area contributed by atoms with Crippen molar-refractivity contribution < 1.29 is 43.2 Å². The Morgan fingerprint density at radius 1 is 1.00 bits per heavy atom. The lowest BCUT2D eigenvalue weighted by molar-refractivity contribution is -0.171. The minimum Gasteiger partial charge on any atom is -0.506 e. The Labute approximate surface area is 336 Å². The van der Waals surface area contributed by atoms with Crippen LogP contribution in [0.1, 0.15) is 122 Å². The lowest BCUT2D eigenvalue weighted by atomic mass is 9.51. The summed E-state index contributed by atoms with van der Waals surface area (Å²) in [4.78, 5) is 57.2. The standard InChI is InChI=1S/C46H58N2O9/c1-10-54-42(53)48-22-17-30(18-23-48)47-41(52)28(6)15-21-45-40(51)29-24-33-37(50)35-36(49)31-16-20-44(9,19-11-12-26(2)3)55-38(31)32(14-13-27(4)5)39(35)56-46(33,45)34(25-29)43(7,8)57-45/h12-13,15-16,20,24,29-30,34,49H,10-11,14,17-19,21-23,25H2,1-9H3,(H,47,52)/b28-15-. The SMILES string of the molecule is CCOC(=O)N1CCC(NC(=O)/C(C)=C\CC23OC(C)(C)C4CC(C=C5C(=O)c6c(O)c7c(c(CC=C(C)C)c6OC542)OC(C)(CCC=C(C)C)C=C7)C3=O)CC1. The van der Waals surface area contributed by atoms with Crippen LogP contribution in [-0.4, -0.2) is 81.7 Å². The molecule has 2 N–H and O–H groups in total. The first-order valence-electron chi connectivity index (χ1n) is 20.5. The number of nitrogens with one attached hydrogen (secondary N) is 1. The van der Waals surface area contributed by atoms with E-state index in [1.807, 2.05) is 52.8 Å². The number of hydrogen-bond acceptors (Lipinski definition) is 9. The van der Waals surface area contributed by atoms with Gasteiger partial charge >= 0.3 is 6.09 Å². The van der Waals surface area contributed by atoms with Crippen molar-refractivity contribution in [3.8, 4) is 17.2 Å². The second kappa shape index (κ2) is 14.6. The number of phenolic OH excluding ortho intramolecular Hbond substituents is 1. The van der Waals surface area contributed by atoms with E-state index in [-0.39, 0.29) is 59.0 Å². The van der Waals surface area contributed by atoms with E-state index in [0.717, 1.165) is 12.0 Å². The molecule has 3 fully saturated rings. The third-order valence-electron chi connectivity index (χ3n) is 12.9. The smallest absolute Gasteiger partial charge is 0.409 e. The monoisotopic (exact) mass is 782 g/mol. The van der Waals surface area contributed by atoms with E-state index in [0.29, 0.717) is 79.8 Å². The molecule has 306 valence electrons. The van der Waals surface area contributed by atoms with E-state index < -0.39 is 28.3 Å². The van der Waals surface area contributed by atoms with Gasteiger partial charge in [-0.1, -0.05) is 35.5 Å². The molecule has 57 heavy (non-hydrogen) atoms. The second-order valence-corrected chi connectivity index (χ2v) is 17.9. The van der Waals surface area contributed by atoms with Gasteiger partial charge in [0.15, 0.2) is 22.8 Å². The van der Waals surface area contributed by atoms with Gasteiger partial charge in [-0.05, 0) is 113 Å². The number of hydrogen-bond donors (Lipinski definition) is 2. The van der Waals surface area contributed by atoms with Gasteiger partial charge < -0.3 is 34.3 Å². The van der Waals surface area contributed by atoms with Crippen LogP contribution in [0.15, 0.2) is 52.7 Å². The molecule has 1 aromatic carbocycles. The first kappa shape index (κ1) is 40.6. The summed E-state index contributed by atoms with van der Waals surface area (Å²) in [7, 11) is 0. The van der Waals surface area contributed by atoms with Gasteiger partial charge in [-0.15, -0.1) is 0 Å². The van der Waals surface area contributed by atoms with Crippen LogP contribution in [0.25, 0.3) is 6.08 Å². The highest BCUT2D eigenvalue weighted by atomic mass is 16.6. The Kier molecular flexibility index (Phi) is 10.4. The molecule has 0 radical (unpaired) electrons. The summed E-state index contributed by atoms with van der Waals surface area (Å²) in [5.74, 6) is -1.37. The molecule has 7 aliphatic rings. The van der Waals surface area contributed by atoms with Crippen LogP contribution in [0.3, 0.4) is 0 Å². The van der Waals surface area contributed by atoms with Crippen molar-refractivity contribution in [1.82, 2.24) is 10.2 Å². The molecule has 1 spiro atoms. The number of allylic oxidation sites excluding steroid dienone is 5. The summed E-state index contributed by atoms with van der Waals surface area (Å²) >= 11 is 0. The maximum absolute atomic E-state index is 15.0. The first-order chi connectivity index (χ1) is 26.9. The van der Waals surface area contributed by atoms with E-state index in [9.17, 15) is 19.5 Å². The Balaban J connectivity index is 1.27. The quantitative estimate of drug-likeness (QED) is 0.179. The normalized spacial score (nSPS) is 29.3. The van der Waals surface area contributed by atoms with Crippen LogP contribution in [-0.2, 0) is 25.5 Å². The van der Waals surface area contributed by atoms with Crippen LogP contribution in [0.2, 0.25) is 0 Å². The summed E-state index contributed by atoms with van der Waals surface area (Å²) in [5, 5.41) is 15.1. The average molecular weight is 783 g/mol. The van der Waals surface area contributed by atoms with Crippen molar-refractivity contribution in [2.75, 3.05) is 19.7 Å². The number of ether oxygens (including phenoxy) is 4. The van der Waals surface area contributed by atoms with Crippen molar-refractivity contribution in [3.05, 3.63) is 69.4 Å². The number of fused-ring (bicyclic) bond motifs is 2. The number of carbonyl (C=O) groups excluding carboxylic acids is 4. The average Bonchev–Trinajstić information content (AvgIpc) is 3.30. The van der Waals surface area contributed by atoms with Gasteiger partial charge in [0.05, 0.1) is 17.8 Å². The lowest BCUT2D eigenvalue weighted by Gasteiger charge is -2.56. The van der Waals surface area contributed by atoms with Gasteiger partial charge in [-0.2, -0.15) is 0 Å². The number of ketones is 2. The Bertz CT molecular complexity index is 2060. The van der Waals surface area contributed by atoms with E-state index in [1.54, 1.807) is 30.9 Å². The van der Waals surface area contributed by atoms with Crippen molar-refractivity contribution in [2.24, 2.45) is 11.8 Å². The fraction of sp³-hybridized carbons (Fsp3) is 0.565. The van der Waals surface area contributed by atoms with E-state index in [1.165, 1.54) is 5.57 Å². The highest BCUT2D eigenvalue weighted by Gasteiger charge is 2.81. The maximum Gasteiger partial charge on any atom is 0.409 e. The molecular weight excluding hydrogens is 725 g/mol. The minimum atomic E-state index is -1.62. The second-order valence-electron chi connectivity index (χ2n) is 17.9. The van der Waals surface area contributed by atoms with Crippen molar-refractivity contribution in [1.29, 1.82) is 0 Å². The Morgan fingerprint density at radius 3 is 2.37 bits per heavy atom. The van der Waals surface area contributed by atoms with E-state index >= 15 is 4.79 Å². The Morgan fingerprint density at radius 2 is 1.70 bits per heavy atom.